The Balaban J connectivity index is 1.58. The van der Waals surface area contributed by atoms with E-state index in [1.54, 1.807) is 39.5 Å². The average Bonchev–Trinajstić information content (AvgIpc) is 3.41. The number of carbonyl (C=O) groups excluding carboxylic acids is 1. The maximum Gasteiger partial charge on any atom is 0.258 e. The van der Waals surface area contributed by atoms with Gasteiger partial charge < -0.3 is 24.5 Å². The van der Waals surface area contributed by atoms with Crippen molar-refractivity contribution in [1.82, 2.24) is 10.3 Å². The van der Waals surface area contributed by atoms with Gasteiger partial charge in [-0.2, -0.15) is 0 Å². The van der Waals surface area contributed by atoms with Crippen molar-refractivity contribution >= 4 is 16.8 Å². The molecular formula is C22H24N2O4. The topological polar surface area (TPSA) is 72.6 Å². The van der Waals surface area contributed by atoms with E-state index in [2.05, 4.69) is 10.3 Å². The number of hydrogen-bond donors (Lipinski definition) is 2. The smallest absolute Gasteiger partial charge is 0.258 e. The number of rotatable bonds is 7. The highest BCUT2D eigenvalue weighted by atomic mass is 16.5. The van der Waals surface area contributed by atoms with Crippen LogP contribution >= 0.6 is 0 Å². The first-order valence-corrected chi connectivity index (χ1v) is 9.26. The molecule has 28 heavy (non-hydrogen) atoms. The summed E-state index contributed by atoms with van der Waals surface area (Å²) in [6.07, 6.45) is 4.11. The summed E-state index contributed by atoms with van der Waals surface area (Å²) in [5.41, 5.74) is 2.65. The van der Waals surface area contributed by atoms with Crippen molar-refractivity contribution in [3.63, 3.8) is 0 Å². The molecule has 0 aliphatic heterocycles. The molecule has 0 radical (unpaired) electrons. The van der Waals surface area contributed by atoms with Crippen LogP contribution in [0.15, 0.2) is 42.6 Å². The van der Waals surface area contributed by atoms with Crippen LogP contribution in [0.4, 0.5) is 0 Å². The van der Waals surface area contributed by atoms with E-state index < -0.39 is 0 Å². The number of H-pyrrole nitrogens is 1. The van der Waals surface area contributed by atoms with Gasteiger partial charge in [0, 0.05) is 29.1 Å². The fraction of sp³-hybridized carbons (Fsp3) is 0.318. The molecule has 0 unspecified atom stereocenters. The van der Waals surface area contributed by atoms with Crippen molar-refractivity contribution in [3.05, 3.63) is 53.7 Å². The molecule has 6 heteroatoms. The lowest BCUT2D eigenvalue weighted by Crippen LogP contribution is -2.32. The second-order valence-corrected chi connectivity index (χ2v) is 7.11. The van der Waals surface area contributed by atoms with Crippen LogP contribution in [0, 0.1) is 0 Å². The maximum atomic E-state index is 12.9. The number of methoxy groups -OCH3 is 3. The Morgan fingerprint density at radius 2 is 1.79 bits per heavy atom. The molecule has 1 aromatic heterocycles. The molecule has 1 amide bonds. The second-order valence-electron chi connectivity index (χ2n) is 7.11. The number of hydrogen-bond acceptors (Lipinski definition) is 4. The van der Waals surface area contributed by atoms with Crippen molar-refractivity contribution in [2.75, 3.05) is 27.9 Å². The summed E-state index contributed by atoms with van der Waals surface area (Å²) in [6.45, 7) is 0.553. The quantitative estimate of drug-likeness (QED) is 0.656. The Bertz CT molecular complexity index is 998. The number of benzene rings is 2. The van der Waals surface area contributed by atoms with Crippen molar-refractivity contribution in [1.29, 1.82) is 0 Å². The van der Waals surface area contributed by atoms with Gasteiger partial charge in [-0.05, 0) is 48.7 Å². The summed E-state index contributed by atoms with van der Waals surface area (Å²) >= 11 is 0. The summed E-state index contributed by atoms with van der Waals surface area (Å²) < 4.78 is 16.1. The highest BCUT2D eigenvalue weighted by molar-refractivity contribution is 6.00. The van der Waals surface area contributed by atoms with E-state index in [0.717, 1.165) is 29.5 Å². The number of aromatic nitrogens is 1. The van der Waals surface area contributed by atoms with Crippen LogP contribution in [-0.4, -0.2) is 38.8 Å². The molecule has 1 fully saturated rings. The molecule has 0 atom stereocenters. The monoisotopic (exact) mass is 380 g/mol. The summed E-state index contributed by atoms with van der Waals surface area (Å²) in [7, 11) is 4.77. The summed E-state index contributed by atoms with van der Waals surface area (Å²) in [6, 6.07) is 11.3. The van der Waals surface area contributed by atoms with Gasteiger partial charge in [0.2, 0.25) is 0 Å². The van der Waals surface area contributed by atoms with Crippen LogP contribution < -0.4 is 19.5 Å². The van der Waals surface area contributed by atoms with Crippen LogP contribution in [0.3, 0.4) is 0 Å². The fourth-order valence-corrected chi connectivity index (χ4v) is 3.77. The Kier molecular flexibility index (Phi) is 4.63. The van der Waals surface area contributed by atoms with Gasteiger partial charge in [0.15, 0.2) is 0 Å². The third kappa shape index (κ3) is 3.05. The number of fused-ring (bicyclic) bond motifs is 1. The first-order chi connectivity index (χ1) is 13.6. The van der Waals surface area contributed by atoms with E-state index in [4.69, 9.17) is 14.2 Å². The van der Waals surface area contributed by atoms with Crippen LogP contribution in [0.25, 0.3) is 10.9 Å². The largest absolute Gasteiger partial charge is 0.497 e. The van der Waals surface area contributed by atoms with E-state index in [-0.39, 0.29) is 11.3 Å². The molecule has 1 aliphatic carbocycles. The SMILES string of the molecule is COc1ccc2[nH]cc(C3(CNC(=O)c4c(OC)cccc4OC)CC3)c2c1. The maximum absolute atomic E-state index is 12.9. The number of carbonyl (C=O) groups is 1. The summed E-state index contributed by atoms with van der Waals surface area (Å²) in [5.74, 6) is 1.63. The molecule has 4 rings (SSSR count). The second kappa shape index (κ2) is 7.11. The lowest BCUT2D eigenvalue weighted by atomic mass is 9.95. The lowest BCUT2D eigenvalue weighted by molar-refractivity contribution is 0.0943. The van der Waals surface area contributed by atoms with Gasteiger partial charge in [0.1, 0.15) is 22.8 Å². The van der Waals surface area contributed by atoms with Crippen LogP contribution in [-0.2, 0) is 5.41 Å². The minimum absolute atomic E-state index is 0.0600. The van der Waals surface area contributed by atoms with Gasteiger partial charge in [-0.25, -0.2) is 0 Å². The van der Waals surface area contributed by atoms with E-state index in [0.29, 0.717) is 23.6 Å². The number of nitrogens with one attached hydrogen (secondary N) is 2. The molecular weight excluding hydrogens is 356 g/mol. The van der Waals surface area contributed by atoms with E-state index >= 15 is 0 Å². The Morgan fingerprint density at radius 1 is 1.07 bits per heavy atom. The third-order valence-electron chi connectivity index (χ3n) is 5.56. The minimum atomic E-state index is -0.196. The molecule has 2 aromatic carbocycles. The predicted molar refractivity (Wildman–Crippen MR) is 108 cm³/mol. The van der Waals surface area contributed by atoms with Crippen LogP contribution in [0.5, 0.6) is 17.2 Å². The minimum Gasteiger partial charge on any atom is -0.497 e. The molecule has 1 saturated carbocycles. The summed E-state index contributed by atoms with van der Waals surface area (Å²) in [5, 5.41) is 4.23. The molecule has 0 saturated heterocycles. The Morgan fingerprint density at radius 3 is 2.39 bits per heavy atom. The number of amides is 1. The normalized spacial score (nSPS) is 14.5. The van der Waals surface area contributed by atoms with E-state index in [1.165, 1.54) is 5.56 Å². The first kappa shape index (κ1) is 18.2. The Labute approximate surface area is 163 Å². The highest BCUT2D eigenvalue weighted by Gasteiger charge is 2.46. The Hall–Kier alpha value is -3.15. The van der Waals surface area contributed by atoms with Crippen LogP contribution in [0.2, 0.25) is 0 Å². The number of ether oxygens (including phenoxy) is 3. The van der Waals surface area contributed by atoms with Crippen molar-refractivity contribution in [2.45, 2.75) is 18.3 Å². The zero-order chi connectivity index (χ0) is 19.7. The standard InChI is InChI=1S/C22H24N2O4/c1-26-14-7-8-17-15(11-14)16(12-23-17)22(9-10-22)13-24-21(25)20-18(27-2)5-4-6-19(20)28-3/h4-8,11-12,23H,9-10,13H2,1-3H3,(H,24,25). The van der Waals surface area contributed by atoms with Crippen molar-refractivity contribution in [2.24, 2.45) is 0 Å². The van der Waals surface area contributed by atoms with Crippen molar-refractivity contribution < 1.29 is 19.0 Å². The lowest BCUT2D eigenvalue weighted by Gasteiger charge is -2.18. The van der Waals surface area contributed by atoms with E-state index in [9.17, 15) is 4.79 Å². The van der Waals surface area contributed by atoms with Gasteiger partial charge in [-0.15, -0.1) is 0 Å². The molecule has 2 N–H and O–H groups in total. The number of aromatic amines is 1. The predicted octanol–water partition coefficient (Wildman–Crippen LogP) is 3.66. The zero-order valence-corrected chi connectivity index (χ0v) is 16.3. The van der Waals surface area contributed by atoms with Gasteiger partial charge in [0.05, 0.1) is 21.3 Å². The van der Waals surface area contributed by atoms with Gasteiger partial charge >= 0.3 is 0 Å². The fourth-order valence-electron chi connectivity index (χ4n) is 3.77. The molecule has 6 nitrogen and oxygen atoms in total. The van der Waals surface area contributed by atoms with Crippen LogP contribution in [0.1, 0.15) is 28.8 Å². The zero-order valence-electron chi connectivity index (χ0n) is 16.3. The molecule has 1 heterocycles. The first-order valence-electron chi connectivity index (χ1n) is 9.26. The summed E-state index contributed by atoms with van der Waals surface area (Å²) in [4.78, 5) is 16.2. The van der Waals surface area contributed by atoms with Gasteiger partial charge in [0.25, 0.3) is 5.91 Å². The van der Waals surface area contributed by atoms with E-state index in [1.807, 2.05) is 24.4 Å². The highest BCUT2D eigenvalue weighted by Crippen LogP contribution is 2.50. The van der Waals surface area contributed by atoms with Crippen molar-refractivity contribution in [3.8, 4) is 17.2 Å². The van der Waals surface area contributed by atoms with Gasteiger partial charge in [-0.3, -0.25) is 4.79 Å². The molecule has 1 aliphatic rings. The third-order valence-corrected chi connectivity index (χ3v) is 5.56. The molecule has 3 aromatic rings. The molecule has 146 valence electrons. The average molecular weight is 380 g/mol. The van der Waals surface area contributed by atoms with Gasteiger partial charge in [-0.1, -0.05) is 6.07 Å². The molecule has 0 bridgehead atoms. The molecule has 0 spiro atoms.